The molecule has 0 amide bonds. The van der Waals surface area contributed by atoms with Gasteiger partial charge in [0.2, 0.25) is 0 Å². The van der Waals surface area contributed by atoms with Gasteiger partial charge in [-0.15, -0.1) is 0 Å². The molecule has 0 spiro atoms. The Morgan fingerprint density at radius 3 is 2.35 bits per heavy atom. The minimum Gasteiger partial charge on any atom is -0.289 e. The monoisotopic (exact) mass is 264 g/mol. The molecule has 2 aromatic carbocycles. The van der Waals surface area contributed by atoms with Crippen molar-refractivity contribution < 1.29 is 4.79 Å². The number of hydrogen-bond donors (Lipinski definition) is 0. The zero-order valence-electron chi connectivity index (χ0n) is 9.21. The van der Waals surface area contributed by atoms with E-state index in [0.29, 0.717) is 21.2 Å². The summed E-state index contributed by atoms with van der Waals surface area (Å²) in [6.07, 6.45) is 0. The first-order chi connectivity index (χ1) is 8.09. The number of carbonyl (C=O) groups is 1. The summed E-state index contributed by atoms with van der Waals surface area (Å²) in [4.78, 5) is 12.2. The molecule has 3 heteroatoms. The normalized spacial score (nSPS) is 10.3. The standard InChI is InChI=1S/C14H10Cl2O/c1-9-7-11(13(16)12(15)8-9)14(17)10-5-3-2-4-6-10/h2-8H,1H3. The molecule has 0 aliphatic rings. The number of hydrogen-bond acceptors (Lipinski definition) is 1. The molecule has 86 valence electrons. The average molecular weight is 265 g/mol. The molecular weight excluding hydrogens is 255 g/mol. The lowest BCUT2D eigenvalue weighted by molar-refractivity contribution is 0.103. The van der Waals surface area contributed by atoms with Crippen molar-refractivity contribution in [3.63, 3.8) is 0 Å². The van der Waals surface area contributed by atoms with Crippen molar-refractivity contribution in [3.8, 4) is 0 Å². The summed E-state index contributed by atoms with van der Waals surface area (Å²) < 4.78 is 0. The molecule has 0 fully saturated rings. The molecule has 0 radical (unpaired) electrons. The van der Waals surface area contributed by atoms with Crippen LogP contribution in [-0.4, -0.2) is 5.78 Å². The van der Waals surface area contributed by atoms with Crippen LogP contribution in [0, 0.1) is 6.92 Å². The lowest BCUT2D eigenvalue weighted by atomic mass is 10.0. The number of rotatable bonds is 2. The number of ketones is 1. The molecule has 0 aromatic heterocycles. The third-order valence-corrected chi connectivity index (χ3v) is 3.26. The first-order valence-electron chi connectivity index (χ1n) is 5.15. The first kappa shape index (κ1) is 12.2. The fourth-order valence-corrected chi connectivity index (χ4v) is 2.10. The second-order valence-corrected chi connectivity index (χ2v) is 4.59. The Labute approximate surface area is 110 Å². The summed E-state index contributed by atoms with van der Waals surface area (Å²) in [5, 5.41) is 0.720. The Bertz CT molecular complexity index is 562. The van der Waals surface area contributed by atoms with Gasteiger partial charge in [-0.25, -0.2) is 0 Å². The maximum absolute atomic E-state index is 12.2. The molecule has 0 saturated heterocycles. The van der Waals surface area contributed by atoms with Gasteiger partial charge in [-0.3, -0.25) is 4.79 Å². The molecule has 2 aromatic rings. The third-order valence-electron chi connectivity index (χ3n) is 2.45. The van der Waals surface area contributed by atoms with E-state index in [2.05, 4.69) is 0 Å². The summed E-state index contributed by atoms with van der Waals surface area (Å²) in [6, 6.07) is 12.5. The highest BCUT2D eigenvalue weighted by Crippen LogP contribution is 2.29. The highest BCUT2D eigenvalue weighted by molar-refractivity contribution is 6.44. The summed E-state index contributed by atoms with van der Waals surface area (Å²) in [5.74, 6) is -0.110. The first-order valence-corrected chi connectivity index (χ1v) is 5.90. The summed E-state index contributed by atoms with van der Waals surface area (Å²) in [7, 11) is 0. The smallest absolute Gasteiger partial charge is 0.194 e. The molecule has 1 nitrogen and oxygen atoms in total. The van der Waals surface area contributed by atoms with Crippen molar-refractivity contribution >= 4 is 29.0 Å². The van der Waals surface area contributed by atoms with Gasteiger partial charge in [0.25, 0.3) is 0 Å². The highest BCUT2D eigenvalue weighted by Gasteiger charge is 2.15. The van der Waals surface area contributed by atoms with Gasteiger partial charge >= 0.3 is 0 Å². The van der Waals surface area contributed by atoms with Crippen LogP contribution in [0.15, 0.2) is 42.5 Å². The summed E-state index contributed by atoms with van der Waals surface area (Å²) in [6.45, 7) is 1.88. The Balaban J connectivity index is 2.52. The van der Waals surface area contributed by atoms with Crippen molar-refractivity contribution in [2.45, 2.75) is 6.92 Å². The molecule has 0 saturated carbocycles. The van der Waals surface area contributed by atoms with Crippen LogP contribution in [0.5, 0.6) is 0 Å². The average Bonchev–Trinajstić information content (AvgIpc) is 2.34. The van der Waals surface area contributed by atoms with Crippen molar-refractivity contribution in [1.82, 2.24) is 0 Å². The zero-order chi connectivity index (χ0) is 12.4. The lowest BCUT2D eigenvalue weighted by Gasteiger charge is -2.06. The molecule has 0 heterocycles. The van der Waals surface area contributed by atoms with Crippen LogP contribution in [0.25, 0.3) is 0 Å². The fraction of sp³-hybridized carbons (Fsp3) is 0.0714. The SMILES string of the molecule is Cc1cc(Cl)c(Cl)c(C(=O)c2ccccc2)c1. The topological polar surface area (TPSA) is 17.1 Å². The summed E-state index contributed by atoms with van der Waals surface area (Å²) >= 11 is 12.0. The third kappa shape index (κ3) is 2.51. The largest absolute Gasteiger partial charge is 0.289 e. The number of halogens is 2. The second kappa shape index (κ2) is 4.91. The molecular formula is C14H10Cl2O. The van der Waals surface area contributed by atoms with Crippen LogP contribution in [0.4, 0.5) is 0 Å². The van der Waals surface area contributed by atoms with Gasteiger partial charge in [-0.2, -0.15) is 0 Å². The summed E-state index contributed by atoms with van der Waals surface area (Å²) in [5.41, 5.74) is 1.97. The van der Waals surface area contributed by atoms with Crippen molar-refractivity contribution in [2.75, 3.05) is 0 Å². The van der Waals surface area contributed by atoms with E-state index in [1.54, 1.807) is 24.3 Å². The Morgan fingerprint density at radius 1 is 1.06 bits per heavy atom. The van der Waals surface area contributed by atoms with Gasteiger partial charge in [0.1, 0.15) is 0 Å². The van der Waals surface area contributed by atoms with Gasteiger partial charge in [0.15, 0.2) is 5.78 Å². The van der Waals surface area contributed by atoms with Gasteiger partial charge < -0.3 is 0 Å². The quantitative estimate of drug-likeness (QED) is 0.729. The van der Waals surface area contributed by atoms with E-state index >= 15 is 0 Å². The predicted molar refractivity (Wildman–Crippen MR) is 71.1 cm³/mol. The van der Waals surface area contributed by atoms with Gasteiger partial charge in [0.05, 0.1) is 10.0 Å². The van der Waals surface area contributed by atoms with Crippen LogP contribution in [0.3, 0.4) is 0 Å². The van der Waals surface area contributed by atoms with E-state index in [1.807, 2.05) is 25.1 Å². The van der Waals surface area contributed by atoms with E-state index in [4.69, 9.17) is 23.2 Å². The maximum atomic E-state index is 12.2. The number of aryl methyl sites for hydroxylation is 1. The Hall–Kier alpha value is -1.31. The molecule has 0 atom stereocenters. The zero-order valence-corrected chi connectivity index (χ0v) is 10.7. The number of carbonyl (C=O) groups excluding carboxylic acids is 1. The van der Waals surface area contributed by atoms with Crippen LogP contribution in [-0.2, 0) is 0 Å². The van der Waals surface area contributed by atoms with Crippen LogP contribution in [0.1, 0.15) is 21.5 Å². The van der Waals surface area contributed by atoms with Gasteiger partial charge in [-0.05, 0) is 24.6 Å². The van der Waals surface area contributed by atoms with E-state index in [-0.39, 0.29) is 5.78 Å². The molecule has 0 aliphatic heterocycles. The minimum atomic E-state index is -0.110. The minimum absolute atomic E-state index is 0.110. The second-order valence-electron chi connectivity index (χ2n) is 3.80. The van der Waals surface area contributed by atoms with Crippen LogP contribution < -0.4 is 0 Å². The molecule has 2 rings (SSSR count). The van der Waals surface area contributed by atoms with E-state index in [9.17, 15) is 4.79 Å². The Kier molecular flexibility index (Phi) is 3.51. The van der Waals surface area contributed by atoms with E-state index < -0.39 is 0 Å². The molecule has 0 unspecified atom stereocenters. The molecule has 0 bridgehead atoms. The van der Waals surface area contributed by atoms with E-state index in [0.717, 1.165) is 5.56 Å². The van der Waals surface area contributed by atoms with Crippen molar-refractivity contribution in [2.24, 2.45) is 0 Å². The number of benzene rings is 2. The molecule has 17 heavy (non-hydrogen) atoms. The van der Waals surface area contributed by atoms with Gasteiger partial charge in [0, 0.05) is 11.1 Å². The van der Waals surface area contributed by atoms with Gasteiger partial charge in [-0.1, -0.05) is 53.5 Å². The van der Waals surface area contributed by atoms with Crippen LogP contribution in [0.2, 0.25) is 10.0 Å². The predicted octanol–water partition coefficient (Wildman–Crippen LogP) is 4.53. The molecule has 0 N–H and O–H groups in total. The maximum Gasteiger partial charge on any atom is 0.194 e. The fourth-order valence-electron chi connectivity index (χ4n) is 1.63. The molecule has 0 aliphatic carbocycles. The van der Waals surface area contributed by atoms with Crippen molar-refractivity contribution in [3.05, 3.63) is 69.2 Å². The highest BCUT2D eigenvalue weighted by atomic mass is 35.5. The Morgan fingerprint density at radius 2 is 1.71 bits per heavy atom. The lowest BCUT2D eigenvalue weighted by Crippen LogP contribution is -2.02. The van der Waals surface area contributed by atoms with Crippen molar-refractivity contribution in [1.29, 1.82) is 0 Å². The van der Waals surface area contributed by atoms with Crippen LogP contribution >= 0.6 is 23.2 Å². The van der Waals surface area contributed by atoms with E-state index in [1.165, 1.54) is 0 Å².